The molecule has 124 valence electrons. The lowest BCUT2D eigenvalue weighted by molar-refractivity contribution is -0.143. The fourth-order valence-corrected chi connectivity index (χ4v) is 4.39. The molecule has 1 amide bonds. The molecule has 23 heavy (non-hydrogen) atoms. The number of piperidine rings is 1. The summed E-state index contributed by atoms with van der Waals surface area (Å²) in [7, 11) is 1.46. The number of hydrogen-bond donors (Lipinski definition) is 0. The molecule has 1 unspecified atom stereocenters. The van der Waals surface area contributed by atoms with Gasteiger partial charge in [0.2, 0.25) is 5.91 Å². The molecule has 1 aliphatic carbocycles. The van der Waals surface area contributed by atoms with Crippen molar-refractivity contribution in [2.75, 3.05) is 26.0 Å². The third-order valence-corrected chi connectivity index (χ3v) is 6.11. The molecule has 1 aromatic rings. The van der Waals surface area contributed by atoms with Gasteiger partial charge in [-0.3, -0.25) is 9.59 Å². The Kier molecular flexibility index (Phi) is 4.95. The Morgan fingerprint density at radius 2 is 1.96 bits per heavy atom. The van der Waals surface area contributed by atoms with Gasteiger partial charge in [0.15, 0.2) is 0 Å². The normalized spacial score (nSPS) is 22.0. The molecule has 0 N–H and O–H groups in total. The number of carbonyl (C=O) groups is 2. The predicted octanol–water partition coefficient (Wildman–Crippen LogP) is 2.72. The van der Waals surface area contributed by atoms with Crippen molar-refractivity contribution in [1.29, 1.82) is 0 Å². The number of hydrogen-bond acceptors (Lipinski definition) is 4. The standard InChI is InChI=1S/C18H23NO3S/c1-22-17(21)15-11-18(15)7-9-19(10-8-18)16(20)13-23-12-14-5-3-2-4-6-14/h2-6,15H,7-13H2,1H3. The van der Waals surface area contributed by atoms with Crippen molar-refractivity contribution in [1.82, 2.24) is 4.90 Å². The predicted molar refractivity (Wildman–Crippen MR) is 91.0 cm³/mol. The number of esters is 1. The van der Waals surface area contributed by atoms with Crippen molar-refractivity contribution in [2.45, 2.75) is 25.0 Å². The first-order valence-electron chi connectivity index (χ1n) is 8.12. The van der Waals surface area contributed by atoms with E-state index in [4.69, 9.17) is 4.74 Å². The van der Waals surface area contributed by atoms with Gasteiger partial charge in [0.1, 0.15) is 0 Å². The highest BCUT2D eigenvalue weighted by atomic mass is 32.2. The van der Waals surface area contributed by atoms with Gasteiger partial charge in [-0.15, -0.1) is 11.8 Å². The lowest BCUT2D eigenvalue weighted by Crippen LogP contribution is -2.40. The summed E-state index contributed by atoms with van der Waals surface area (Å²) in [6.07, 6.45) is 2.80. The Hall–Kier alpha value is -1.49. The highest BCUT2D eigenvalue weighted by Crippen LogP contribution is 2.59. The number of carbonyl (C=O) groups excluding carboxylic acids is 2. The van der Waals surface area contributed by atoms with Crippen molar-refractivity contribution in [2.24, 2.45) is 11.3 Å². The number of ether oxygens (including phenoxy) is 1. The Morgan fingerprint density at radius 1 is 1.26 bits per heavy atom. The maximum Gasteiger partial charge on any atom is 0.309 e. The van der Waals surface area contributed by atoms with E-state index >= 15 is 0 Å². The molecule has 2 fully saturated rings. The van der Waals surface area contributed by atoms with Crippen LogP contribution >= 0.6 is 11.8 Å². The summed E-state index contributed by atoms with van der Waals surface area (Å²) in [5, 5.41) is 0. The van der Waals surface area contributed by atoms with Crippen molar-refractivity contribution in [3.63, 3.8) is 0 Å². The summed E-state index contributed by atoms with van der Waals surface area (Å²) in [6.45, 7) is 1.55. The first-order valence-corrected chi connectivity index (χ1v) is 9.27. The van der Waals surface area contributed by atoms with E-state index in [2.05, 4.69) is 12.1 Å². The molecule has 0 bridgehead atoms. The van der Waals surface area contributed by atoms with Crippen LogP contribution in [-0.4, -0.2) is 42.7 Å². The molecule has 1 aromatic carbocycles. The number of amides is 1. The van der Waals surface area contributed by atoms with E-state index in [0.717, 1.165) is 38.1 Å². The van der Waals surface area contributed by atoms with Crippen LogP contribution in [0.3, 0.4) is 0 Å². The molecular weight excluding hydrogens is 310 g/mol. The summed E-state index contributed by atoms with van der Waals surface area (Å²) in [6, 6.07) is 10.2. The van der Waals surface area contributed by atoms with Crippen LogP contribution in [0.2, 0.25) is 0 Å². The van der Waals surface area contributed by atoms with E-state index in [1.165, 1.54) is 12.7 Å². The number of likely N-dealkylation sites (tertiary alicyclic amines) is 1. The minimum Gasteiger partial charge on any atom is -0.469 e. The lowest BCUT2D eigenvalue weighted by atomic mass is 9.91. The number of nitrogens with zero attached hydrogens (tertiary/aromatic N) is 1. The topological polar surface area (TPSA) is 46.6 Å². The van der Waals surface area contributed by atoms with E-state index in [0.29, 0.717) is 5.75 Å². The summed E-state index contributed by atoms with van der Waals surface area (Å²) >= 11 is 1.67. The zero-order valence-corrected chi connectivity index (χ0v) is 14.3. The van der Waals surface area contributed by atoms with Crippen LogP contribution in [0.1, 0.15) is 24.8 Å². The molecule has 1 heterocycles. The zero-order chi connectivity index (χ0) is 16.3. The summed E-state index contributed by atoms with van der Waals surface area (Å²) in [4.78, 5) is 25.9. The maximum absolute atomic E-state index is 12.3. The number of methoxy groups -OCH3 is 1. The minimum atomic E-state index is -0.0804. The number of thioether (sulfide) groups is 1. The van der Waals surface area contributed by atoms with Crippen molar-refractivity contribution >= 4 is 23.6 Å². The molecule has 1 atom stereocenters. The minimum absolute atomic E-state index is 0.0669. The second kappa shape index (κ2) is 6.95. The Morgan fingerprint density at radius 3 is 2.61 bits per heavy atom. The monoisotopic (exact) mass is 333 g/mol. The molecule has 3 rings (SSSR count). The molecular formula is C18H23NO3S. The lowest BCUT2D eigenvalue weighted by Gasteiger charge is -2.32. The van der Waals surface area contributed by atoms with E-state index in [1.54, 1.807) is 11.8 Å². The molecule has 4 nitrogen and oxygen atoms in total. The second-order valence-electron chi connectivity index (χ2n) is 6.50. The van der Waals surface area contributed by atoms with Crippen molar-refractivity contribution in [3.05, 3.63) is 35.9 Å². The quantitative estimate of drug-likeness (QED) is 0.777. The highest BCUT2D eigenvalue weighted by molar-refractivity contribution is 7.99. The first kappa shape index (κ1) is 16.4. The van der Waals surface area contributed by atoms with Crippen LogP contribution < -0.4 is 0 Å². The van der Waals surface area contributed by atoms with Gasteiger partial charge >= 0.3 is 5.97 Å². The molecule has 0 radical (unpaired) electrons. The van der Waals surface area contributed by atoms with Gasteiger partial charge < -0.3 is 9.64 Å². The van der Waals surface area contributed by atoms with E-state index in [1.807, 2.05) is 23.1 Å². The SMILES string of the molecule is COC(=O)C1CC12CCN(C(=O)CSCc1ccccc1)CC2. The molecule has 1 saturated heterocycles. The Balaban J connectivity index is 1.40. The van der Waals surface area contributed by atoms with Crippen LogP contribution in [0.4, 0.5) is 0 Å². The average Bonchev–Trinajstić information content (AvgIpc) is 3.29. The van der Waals surface area contributed by atoms with Gasteiger partial charge in [-0.2, -0.15) is 0 Å². The molecule has 0 aromatic heterocycles. The van der Waals surface area contributed by atoms with Crippen molar-refractivity contribution < 1.29 is 14.3 Å². The highest BCUT2D eigenvalue weighted by Gasteiger charge is 2.59. The number of benzene rings is 1. The molecule has 5 heteroatoms. The van der Waals surface area contributed by atoms with E-state index in [-0.39, 0.29) is 23.2 Å². The Bertz CT molecular complexity index is 567. The van der Waals surface area contributed by atoms with E-state index in [9.17, 15) is 9.59 Å². The van der Waals surface area contributed by atoms with Crippen LogP contribution in [0, 0.1) is 11.3 Å². The molecule has 1 spiro atoms. The van der Waals surface area contributed by atoms with Gasteiger partial charge in [-0.05, 0) is 30.2 Å². The van der Waals surface area contributed by atoms with Crippen molar-refractivity contribution in [3.8, 4) is 0 Å². The van der Waals surface area contributed by atoms with Crippen LogP contribution in [-0.2, 0) is 20.1 Å². The van der Waals surface area contributed by atoms with Gasteiger partial charge in [-0.1, -0.05) is 30.3 Å². The van der Waals surface area contributed by atoms with Crippen LogP contribution in [0.5, 0.6) is 0 Å². The van der Waals surface area contributed by atoms with Gasteiger partial charge in [-0.25, -0.2) is 0 Å². The fourth-order valence-electron chi connectivity index (χ4n) is 3.50. The fraction of sp³-hybridized carbons (Fsp3) is 0.556. The van der Waals surface area contributed by atoms with Gasteiger partial charge in [0.05, 0.1) is 18.8 Å². The molecule has 2 aliphatic rings. The van der Waals surface area contributed by atoms with Gasteiger partial charge in [0, 0.05) is 18.8 Å². The third kappa shape index (κ3) is 3.71. The third-order valence-electron chi connectivity index (χ3n) is 5.12. The maximum atomic E-state index is 12.3. The van der Waals surface area contributed by atoms with E-state index < -0.39 is 0 Å². The summed E-state index contributed by atoms with van der Waals surface area (Å²) in [5.41, 5.74) is 1.38. The molecule has 1 saturated carbocycles. The second-order valence-corrected chi connectivity index (χ2v) is 7.49. The van der Waals surface area contributed by atoms with Crippen LogP contribution in [0.25, 0.3) is 0 Å². The largest absolute Gasteiger partial charge is 0.469 e. The Labute approximate surface area is 141 Å². The smallest absolute Gasteiger partial charge is 0.309 e. The van der Waals surface area contributed by atoms with Crippen LogP contribution in [0.15, 0.2) is 30.3 Å². The summed E-state index contributed by atoms with van der Waals surface area (Å²) in [5.74, 6) is 1.60. The first-order chi connectivity index (χ1) is 11.1. The summed E-state index contributed by atoms with van der Waals surface area (Å²) < 4.78 is 4.85. The number of rotatable bonds is 5. The average molecular weight is 333 g/mol. The zero-order valence-electron chi connectivity index (χ0n) is 13.5. The molecule has 1 aliphatic heterocycles. The van der Waals surface area contributed by atoms with Gasteiger partial charge in [0.25, 0.3) is 0 Å².